The third-order valence-corrected chi connectivity index (χ3v) is 13.7. The van der Waals surface area contributed by atoms with Crippen LogP contribution < -0.4 is 0 Å². The number of ether oxygens (including phenoxy) is 3. The van der Waals surface area contributed by atoms with Gasteiger partial charge in [-0.25, -0.2) is 0 Å². The molecule has 0 bridgehead atoms. The van der Waals surface area contributed by atoms with E-state index in [1.54, 1.807) is 0 Å². The van der Waals surface area contributed by atoms with Crippen LogP contribution in [0.25, 0.3) is 0 Å². The zero-order valence-corrected chi connectivity index (χ0v) is 48.4. The molecule has 0 aliphatic heterocycles. The van der Waals surface area contributed by atoms with E-state index >= 15 is 0 Å². The Bertz CT molecular complexity index is 1360. The number of allylic oxidation sites excluding steroid dienone is 12. The topological polar surface area (TPSA) is 78.9 Å². The van der Waals surface area contributed by atoms with Gasteiger partial charge in [-0.2, -0.15) is 0 Å². The molecule has 0 spiro atoms. The van der Waals surface area contributed by atoms with Gasteiger partial charge >= 0.3 is 17.9 Å². The molecule has 1 unspecified atom stereocenters. The van der Waals surface area contributed by atoms with Crippen molar-refractivity contribution in [3.8, 4) is 0 Å². The zero-order valence-electron chi connectivity index (χ0n) is 48.4. The number of hydrogen-bond donors (Lipinski definition) is 0. The van der Waals surface area contributed by atoms with E-state index < -0.39 is 6.10 Å². The Morgan fingerprint density at radius 1 is 0.274 bits per heavy atom. The van der Waals surface area contributed by atoms with Crippen LogP contribution in [0.5, 0.6) is 0 Å². The molecule has 0 saturated heterocycles. The number of rotatable bonds is 57. The van der Waals surface area contributed by atoms with Gasteiger partial charge in [0, 0.05) is 19.3 Å². The number of carbonyl (C=O) groups excluding carboxylic acids is 3. The van der Waals surface area contributed by atoms with Gasteiger partial charge in [0.25, 0.3) is 0 Å². The van der Waals surface area contributed by atoms with Crippen LogP contribution in [0.2, 0.25) is 0 Å². The first-order valence-electron chi connectivity index (χ1n) is 31.4. The highest BCUT2D eigenvalue weighted by atomic mass is 16.6. The molecule has 0 aliphatic carbocycles. The fraction of sp³-hybridized carbons (Fsp3) is 0.776. The van der Waals surface area contributed by atoms with E-state index in [4.69, 9.17) is 14.2 Å². The van der Waals surface area contributed by atoms with Crippen molar-refractivity contribution >= 4 is 17.9 Å². The van der Waals surface area contributed by atoms with E-state index in [0.29, 0.717) is 19.3 Å². The average molecular weight is 1020 g/mol. The summed E-state index contributed by atoms with van der Waals surface area (Å²) in [6.07, 6.45) is 78.9. The molecule has 0 aromatic rings. The smallest absolute Gasteiger partial charge is 0.306 e. The Hall–Kier alpha value is -3.15. The molecule has 73 heavy (non-hydrogen) atoms. The van der Waals surface area contributed by atoms with E-state index in [9.17, 15) is 14.4 Å². The van der Waals surface area contributed by atoms with Crippen LogP contribution in [0, 0.1) is 0 Å². The summed E-state index contributed by atoms with van der Waals surface area (Å²) in [6, 6.07) is 0. The van der Waals surface area contributed by atoms with Gasteiger partial charge in [0.2, 0.25) is 0 Å². The van der Waals surface area contributed by atoms with Crippen molar-refractivity contribution in [2.45, 2.75) is 322 Å². The van der Waals surface area contributed by atoms with Gasteiger partial charge in [0.15, 0.2) is 6.10 Å². The Kier molecular flexibility index (Phi) is 58.7. The van der Waals surface area contributed by atoms with Crippen LogP contribution in [0.15, 0.2) is 72.9 Å². The Morgan fingerprint density at radius 2 is 0.493 bits per heavy atom. The van der Waals surface area contributed by atoms with Crippen LogP contribution in [0.4, 0.5) is 0 Å². The molecule has 0 aliphatic rings. The second-order valence-electron chi connectivity index (χ2n) is 21.0. The molecule has 1 atom stereocenters. The maximum atomic E-state index is 12.9. The lowest BCUT2D eigenvalue weighted by Crippen LogP contribution is -2.30. The summed E-state index contributed by atoms with van der Waals surface area (Å²) in [5, 5.41) is 0. The number of unbranched alkanes of at least 4 members (excludes halogenated alkanes) is 34. The summed E-state index contributed by atoms with van der Waals surface area (Å²) < 4.78 is 16.9. The van der Waals surface area contributed by atoms with Gasteiger partial charge in [-0.15, -0.1) is 0 Å². The third kappa shape index (κ3) is 59.6. The minimum Gasteiger partial charge on any atom is -0.462 e. The molecule has 0 saturated carbocycles. The van der Waals surface area contributed by atoms with Crippen molar-refractivity contribution in [1.82, 2.24) is 0 Å². The highest BCUT2D eigenvalue weighted by Crippen LogP contribution is 2.15. The standard InChI is InChI=1S/C67H118O6/c1-4-7-10-13-16-19-22-25-28-30-32-33-35-36-39-42-45-48-51-54-57-60-66(69)72-63-64(62-71-65(68)59-56-53-50-47-44-41-38-27-24-21-18-15-12-9-6-3)73-67(70)61-58-55-52-49-46-43-40-37-34-31-29-26-23-20-17-14-11-8-5-2/h17,20,22,25-27,29-30,32,35-36,38,64H,4-16,18-19,21,23-24,28,31,33-34,37,39-63H2,1-3H3/b20-17-,25-22-,29-26-,32-30-,36-35-,38-27-. The van der Waals surface area contributed by atoms with Crippen LogP contribution in [-0.2, 0) is 28.6 Å². The maximum Gasteiger partial charge on any atom is 0.306 e. The predicted molar refractivity (Wildman–Crippen MR) is 316 cm³/mol. The van der Waals surface area contributed by atoms with Gasteiger partial charge in [-0.05, 0) is 116 Å². The Labute approximate surface area is 453 Å². The monoisotopic (exact) mass is 1020 g/mol. The van der Waals surface area contributed by atoms with E-state index in [2.05, 4.69) is 93.7 Å². The third-order valence-electron chi connectivity index (χ3n) is 13.7. The first kappa shape index (κ1) is 69.8. The number of esters is 3. The number of hydrogen-bond acceptors (Lipinski definition) is 6. The fourth-order valence-corrected chi connectivity index (χ4v) is 8.89. The molecule has 0 aromatic carbocycles. The minimum atomic E-state index is -0.788. The molecule has 0 radical (unpaired) electrons. The second kappa shape index (κ2) is 61.4. The van der Waals surface area contributed by atoms with Crippen molar-refractivity contribution in [3.63, 3.8) is 0 Å². The molecule has 0 amide bonds. The van der Waals surface area contributed by atoms with Gasteiger partial charge in [-0.3, -0.25) is 14.4 Å². The van der Waals surface area contributed by atoms with Crippen molar-refractivity contribution in [2.75, 3.05) is 13.2 Å². The lowest BCUT2D eigenvalue weighted by atomic mass is 10.1. The summed E-state index contributed by atoms with van der Waals surface area (Å²) in [7, 11) is 0. The van der Waals surface area contributed by atoms with E-state index in [1.807, 2.05) is 0 Å². The van der Waals surface area contributed by atoms with Gasteiger partial charge < -0.3 is 14.2 Å². The van der Waals surface area contributed by atoms with Crippen LogP contribution in [0.1, 0.15) is 316 Å². The number of carbonyl (C=O) groups is 3. The van der Waals surface area contributed by atoms with E-state index in [1.165, 1.54) is 186 Å². The Balaban J connectivity index is 4.40. The SMILES string of the molecule is CCCCC/C=C\C/C=C\CCCCCCCCCCCC(=O)OC(COC(=O)CCCCCCC/C=C\CCCCCCCC)COC(=O)CCCCCCCC/C=C\C/C=C\C/C=C\CCCCCCC. The molecular formula is C67H118O6. The summed E-state index contributed by atoms with van der Waals surface area (Å²) in [6.45, 7) is 6.61. The molecule has 422 valence electrons. The van der Waals surface area contributed by atoms with Crippen molar-refractivity contribution in [1.29, 1.82) is 0 Å². The highest BCUT2D eigenvalue weighted by Gasteiger charge is 2.19. The molecule has 0 rings (SSSR count). The van der Waals surface area contributed by atoms with Gasteiger partial charge in [0.05, 0.1) is 0 Å². The second-order valence-corrected chi connectivity index (χ2v) is 21.0. The average Bonchev–Trinajstić information content (AvgIpc) is 3.39. The van der Waals surface area contributed by atoms with Crippen LogP contribution >= 0.6 is 0 Å². The zero-order chi connectivity index (χ0) is 52.9. The first-order chi connectivity index (χ1) is 36.0. The molecule has 0 aromatic heterocycles. The summed E-state index contributed by atoms with van der Waals surface area (Å²) in [5.41, 5.74) is 0. The molecule has 0 heterocycles. The quantitative estimate of drug-likeness (QED) is 0.0261. The minimum absolute atomic E-state index is 0.0847. The lowest BCUT2D eigenvalue weighted by molar-refractivity contribution is -0.167. The predicted octanol–water partition coefficient (Wildman–Crippen LogP) is 21.3. The maximum absolute atomic E-state index is 12.9. The molecule has 6 nitrogen and oxygen atoms in total. The molecular weight excluding hydrogens is 901 g/mol. The van der Waals surface area contributed by atoms with Crippen molar-refractivity contribution in [3.05, 3.63) is 72.9 Å². The summed E-state index contributed by atoms with van der Waals surface area (Å²) in [5.74, 6) is -0.897. The van der Waals surface area contributed by atoms with Gasteiger partial charge in [0.1, 0.15) is 13.2 Å². The Morgan fingerprint density at radius 3 is 0.808 bits per heavy atom. The van der Waals surface area contributed by atoms with Crippen molar-refractivity contribution in [2.24, 2.45) is 0 Å². The fourth-order valence-electron chi connectivity index (χ4n) is 8.89. The van der Waals surface area contributed by atoms with E-state index in [-0.39, 0.29) is 31.1 Å². The molecule has 0 N–H and O–H groups in total. The normalized spacial score (nSPS) is 12.5. The van der Waals surface area contributed by atoms with Crippen molar-refractivity contribution < 1.29 is 28.6 Å². The lowest BCUT2D eigenvalue weighted by Gasteiger charge is -2.18. The first-order valence-corrected chi connectivity index (χ1v) is 31.4. The van der Waals surface area contributed by atoms with Crippen LogP contribution in [0.3, 0.4) is 0 Å². The van der Waals surface area contributed by atoms with Crippen LogP contribution in [-0.4, -0.2) is 37.2 Å². The summed E-state index contributed by atoms with van der Waals surface area (Å²) in [4.78, 5) is 38.3. The summed E-state index contributed by atoms with van der Waals surface area (Å²) >= 11 is 0. The largest absolute Gasteiger partial charge is 0.462 e. The molecule has 0 fully saturated rings. The molecule has 6 heteroatoms. The van der Waals surface area contributed by atoms with Gasteiger partial charge in [-0.1, -0.05) is 254 Å². The van der Waals surface area contributed by atoms with E-state index in [0.717, 1.165) is 89.9 Å². The highest BCUT2D eigenvalue weighted by molar-refractivity contribution is 5.71.